The fourth-order valence-electron chi connectivity index (χ4n) is 3.31. The number of carbonyl (C=O) groups is 1. The first-order valence-corrected chi connectivity index (χ1v) is 9.21. The van der Waals surface area contributed by atoms with Gasteiger partial charge in [0.25, 0.3) is 5.91 Å². The van der Waals surface area contributed by atoms with Crippen LogP contribution < -0.4 is 14.8 Å². The summed E-state index contributed by atoms with van der Waals surface area (Å²) >= 11 is 0. The Bertz CT molecular complexity index is 899. The molecule has 1 aromatic heterocycles. The zero-order valence-corrected chi connectivity index (χ0v) is 16.4. The highest BCUT2D eigenvalue weighted by atomic mass is 16.5. The van der Waals surface area contributed by atoms with Crippen LogP contribution in [-0.4, -0.2) is 49.1 Å². The van der Waals surface area contributed by atoms with Crippen LogP contribution in [0.15, 0.2) is 30.3 Å². The lowest BCUT2D eigenvalue weighted by molar-refractivity contribution is 0.0718. The first-order chi connectivity index (χ1) is 13.5. The highest BCUT2D eigenvalue weighted by Gasteiger charge is 2.24. The summed E-state index contributed by atoms with van der Waals surface area (Å²) < 4.78 is 10.5. The lowest BCUT2D eigenvalue weighted by Crippen LogP contribution is -2.42. The van der Waals surface area contributed by atoms with E-state index in [0.29, 0.717) is 41.7 Å². The predicted octanol–water partition coefficient (Wildman–Crippen LogP) is 3.00. The summed E-state index contributed by atoms with van der Waals surface area (Å²) in [5.74, 6) is 1.83. The van der Waals surface area contributed by atoms with Crippen LogP contribution in [0.5, 0.6) is 11.5 Å². The molecule has 0 saturated carbocycles. The van der Waals surface area contributed by atoms with Crippen molar-refractivity contribution < 1.29 is 14.3 Å². The van der Waals surface area contributed by atoms with E-state index >= 15 is 0 Å². The monoisotopic (exact) mass is 380 g/mol. The SMILES string of the molecule is COc1ccc(C(=O)N2CCC(Nc3ccc(C)c(C#N)n3)CC2)cc1OC. The van der Waals surface area contributed by atoms with Crippen LogP contribution in [0.4, 0.5) is 5.82 Å². The lowest BCUT2D eigenvalue weighted by Gasteiger charge is -2.32. The van der Waals surface area contributed by atoms with Crippen molar-refractivity contribution in [1.29, 1.82) is 5.26 Å². The molecule has 146 valence electrons. The van der Waals surface area contributed by atoms with Gasteiger partial charge in [-0.3, -0.25) is 4.79 Å². The summed E-state index contributed by atoms with van der Waals surface area (Å²) in [5.41, 5.74) is 1.89. The number of methoxy groups -OCH3 is 2. The first kappa shape index (κ1) is 19.5. The zero-order valence-electron chi connectivity index (χ0n) is 16.4. The molecular weight excluding hydrogens is 356 g/mol. The van der Waals surface area contributed by atoms with E-state index in [2.05, 4.69) is 16.4 Å². The zero-order chi connectivity index (χ0) is 20.1. The molecule has 1 amide bonds. The molecular formula is C21H24N4O3. The fraction of sp³-hybridized carbons (Fsp3) is 0.381. The van der Waals surface area contributed by atoms with E-state index in [1.165, 1.54) is 0 Å². The third-order valence-electron chi connectivity index (χ3n) is 4.97. The van der Waals surface area contributed by atoms with Crippen molar-refractivity contribution in [2.45, 2.75) is 25.8 Å². The Balaban J connectivity index is 1.61. The molecule has 3 rings (SSSR count). The van der Waals surface area contributed by atoms with Crippen LogP contribution in [0.25, 0.3) is 0 Å². The number of pyridine rings is 1. The van der Waals surface area contributed by atoms with Crippen molar-refractivity contribution in [3.63, 3.8) is 0 Å². The summed E-state index contributed by atoms with van der Waals surface area (Å²) in [5, 5.41) is 12.5. The van der Waals surface area contributed by atoms with Gasteiger partial charge in [-0.05, 0) is 49.6 Å². The molecule has 1 saturated heterocycles. The average molecular weight is 380 g/mol. The molecule has 0 unspecified atom stereocenters. The fourth-order valence-corrected chi connectivity index (χ4v) is 3.31. The number of benzene rings is 1. The van der Waals surface area contributed by atoms with Crippen molar-refractivity contribution in [1.82, 2.24) is 9.88 Å². The predicted molar refractivity (Wildman–Crippen MR) is 106 cm³/mol. The van der Waals surface area contributed by atoms with E-state index in [0.717, 1.165) is 18.4 Å². The number of rotatable bonds is 5. The molecule has 1 aromatic carbocycles. The van der Waals surface area contributed by atoms with Gasteiger partial charge in [-0.1, -0.05) is 6.07 Å². The Morgan fingerprint density at radius 2 is 1.89 bits per heavy atom. The molecule has 0 aliphatic carbocycles. The maximum Gasteiger partial charge on any atom is 0.253 e. The Morgan fingerprint density at radius 1 is 1.18 bits per heavy atom. The van der Waals surface area contributed by atoms with Crippen molar-refractivity contribution in [3.05, 3.63) is 47.2 Å². The van der Waals surface area contributed by atoms with Gasteiger partial charge in [0.1, 0.15) is 17.6 Å². The number of hydrogen-bond acceptors (Lipinski definition) is 6. The number of ether oxygens (including phenoxy) is 2. The Morgan fingerprint density at radius 3 is 2.54 bits per heavy atom. The van der Waals surface area contributed by atoms with Crippen LogP contribution in [0.3, 0.4) is 0 Å². The number of hydrogen-bond donors (Lipinski definition) is 1. The number of carbonyl (C=O) groups excluding carboxylic acids is 1. The summed E-state index contributed by atoms with van der Waals surface area (Å²) in [6, 6.07) is 11.3. The van der Waals surface area contributed by atoms with Gasteiger partial charge in [-0.15, -0.1) is 0 Å². The summed E-state index contributed by atoms with van der Waals surface area (Å²) in [7, 11) is 3.12. The third-order valence-corrected chi connectivity index (χ3v) is 4.97. The molecule has 1 fully saturated rings. The first-order valence-electron chi connectivity index (χ1n) is 9.21. The van der Waals surface area contributed by atoms with Gasteiger partial charge in [0, 0.05) is 24.7 Å². The molecule has 1 N–H and O–H groups in total. The van der Waals surface area contributed by atoms with Gasteiger partial charge < -0.3 is 19.7 Å². The average Bonchev–Trinajstić information content (AvgIpc) is 2.74. The second-order valence-electron chi connectivity index (χ2n) is 6.75. The molecule has 0 radical (unpaired) electrons. The Hall–Kier alpha value is -3.27. The minimum Gasteiger partial charge on any atom is -0.493 e. The van der Waals surface area contributed by atoms with E-state index in [1.807, 2.05) is 24.0 Å². The number of piperidine rings is 1. The molecule has 0 bridgehead atoms. The molecule has 7 heteroatoms. The maximum absolute atomic E-state index is 12.8. The number of amides is 1. The maximum atomic E-state index is 12.8. The minimum atomic E-state index is -0.0142. The summed E-state index contributed by atoms with van der Waals surface area (Å²) in [4.78, 5) is 19.0. The number of nitrogens with one attached hydrogen (secondary N) is 1. The molecule has 7 nitrogen and oxygen atoms in total. The van der Waals surface area contributed by atoms with Crippen molar-refractivity contribution in [2.75, 3.05) is 32.6 Å². The van der Waals surface area contributed by atoms with Crippen LogP contribution in [0, 0.1) is 18.3 Å². The smallest absolute Gasteiger partial charge is 0.253 e. The molecule has 1 aliphatic rings. The van der Waals surface area contributed by atoms with Gasteiger partial charge in [-0.25, -0.2) is 4.98 Å². The van der Waals surface area contributed by atoms with E-state index in [1.54, 1.807) is 32.4 Å². The Labute approximate surface area is 164 Å². The number of anilines is 1. The van der Waals surface area contributed by atoms with Gasteiger partial charge in [0.15, 0.2) is 11.5 Å². The molecule has 0 atom stereocenters. The number of likely N-dealkylation sites (tertiary alicyclic amines) is 1. The standard InChI is InChI=1S/C21H24N4O3/c1-14-4-7-20(24-17(14)13-22)23-16-8-10-25(11-9-16)21(26)15-5-6-18(27-2)19(12-15)28-3/h4-7,12,16H,8-11H2,1-3H3,(H,23,24). The third kappa shape index (κ3) is 4.17. The van der Waals surface area contributed by atoms with Gasteiger partial charge in [-0.2, -0.15) is 5.26 Å². The summed E-state index contributed by atoms with van der Waals surface area (Å²) in [6.07, 6.45) is 1.63. The van der Waals surface area contributed by atoms with Crippen LogP contribution in [0.1, 0.15) is 34.5 Å². The Kier molecular flexibility index (Phi) is 5.99. The number of aryl methyl sites for hydroxylation is 1. The van der Waals surface area contributed by atoms with E-state index in [4.69, 9.17) is 14.7 Å². The number of aromatic nitrogens is 1. The molecule has 2 aromatic rings. The van der Waals surface area contributed by atoms with Crippen LogP contribution in [0.2, 0.25) is 0 Å². The topological polar surface area (TPSA) is 87.5 Å². The largest absolute Gasteiger partial charge is 0.493 e. The van der Waals surface area contributed by atoms with Crippen molar-refractivity contribution in [2.24, 2.45) is 0 Å². The highest BCUT2D eigenvalue weighted by Crippen LogP contribution is 2.28. The van der Waals surface area contributed by atoms with Crippen LogP contribution >= 0.6 is 0 Å². The quantitative estimate of drug-likeness (QED) is 0.858. The van der Waals surface area contributed by atoms with Crippen LogP contribution in [-0.2, 0) is 0 Å². The van der Waals surface area contributed by atoms with Crippen molar-refractivity contribution in [3.8, 4) is 17.6 Å². The molecule has 1 aliphatic heterocycles. The number of nitrogens with zero attached hydrogens (tertiary/aromatic N) is 3. The number of nitriles is 1. The van der Waals surface area contributed by atoms with Crippen molar-refractivity contribution >= 4 is 11.7 Å². The molecule has 2 heterocycles. The molecule has 28 heavy (non-hydrogen) atoms. The van der Waals surface area contributed by atoms with E-state index in [9.17, 15) is 4.79 Å². The minimum absolute atomic E-state index is 0.0142. The van der Waals surface area contributed by atoms with E-state index < -0.39 is 0 Å². The van der Waals surface area contributed by atoms with Gasteiger partial charge in [0.05, 0.1) is 14.2 Å². The highest BCUT2D eigenvalue weighted by molar-refractivity contribution is 5.95. The van der Waals surface area contributed by atoms with Gasteiger partial charge >= 0.3 is 0 Å². The lowest BCUT2D eigenvalue weighted by atomic mass is 10.0. The second-order valence-corrected chi connectivity index (χ2v) is 6.75. The normalized spacial score (nSPS) is 14.3. The van der Waals surface area contributed by atoms with Gasteiger partial charge in [0.2, 0.25) is 0 Å². The van der Waals surface area contributed by atoms with E-state index in [-0.39, 0.29) is 11.9 Å². The second kappa shape index (κ2) is 8.61. The molecule has 0 spiro atoms. The summed E-state index contributed by atoms with van der Waals surface area (Å²) in [6.45, 7) is 3.18.